The van der Waals surface area contributed by atoms with Crippen LogP contribution in [0.5, 0.6) is 0 Å². The summed E-state index contributed by atoms with van der Waals surface area (Å²) < 4.78 is 36.4. The molecule has 17 nitrogen and oxygen atoms in total. The second kappa shape index (κ2) is 9.68. The van der Waals surface area contributed by atoms with Gasteiger partial charge in [0.2, 0.25) is 0 Å². The van der Waals surface area contributed by atoms with Crippen LogP contribution in [0.25, 0.3) is 27.1 Å². The van der Waals surface area contributed by atoms with Gasteiger partial charge in [-0.05, 0) is 4.98 Å². The van der Waals surface area contributed by atoms with Gasteiger partial charge in [0, 0.05) is 0 Å². The van der Waals surface area contributed by atoms with Crippen LogP contribution in [0.2, 0.25) is 0 Å². The molecule has 7 N–H and O–H groups in total. The van der Waals surface area contributed by atoms with Gasteiger partial charge in [0.25, 0.3) is 12.0 Å². The molecule has 0 atom stereocenters. The van der Waals surface area contributed by atoms with Crippen LogP contribution < -0.4 is 4.98 Å². The molecule has 20 heteroatoms. The molecular weight excluding hydrogens is 411 g/mol. The normalized spacial score (nSPS) is 11.6. The number of aromatic nitrogens is 4. The van der Waals surface area contributed by atoms with Crippen molar-refractivity contribution in [2.24, 2.45) is 0 Å². The summed E-state index contributed by atoms with van der Waals surface area (Å²) in [5, 5.41) is 0. The first-order chi connectivity index (χ1) is 11.3. The van der Waals surface area contributed by atoms with Crippen LogP contribution in [0, 0.1) is 0 Å². The zero-order valence-corrected chi connectivity index (χ0v) is 14.3. The van der Waals surface area contributed by atoms with Crippen molar-refractivity contribution in [3.63, 3.8) is 0 Å². The summed E-state index contributed by atoms with van der Waals surface area (Å²) in [7, 11) is -16.2. The maximum Gasteiger partial charge on any atom is 0.490 e. The highest BCUT2D eigenvalue weighted by Crippen LogP contribution is 2.64. The van der Waals surface area contributed by atoms with Gasteiger partial charge >= 0.3 is 23.5 Å². The Morgan fingerprint density at radius 3 is 1.92 bits per heavy atom. The van der Waals surface area contributed by atoms with E-state index in [1.165, 1.54) is 4.91 Å². The van der Waals surface area contributed by atoms with Gasteiger partial charge in [-0.15, -0.1) is 0 Å². The minimum atomic E-state index is -5.46. The van der Waals surface area contributed by atoms with Crippen LogP contribution >= 0.6 is 23.5 Å². The summed E-state index contributed by atoms with van der Waals surface area (Å²) in [5.41, 5.74) is 15.2. The van der Waals surface area contributed by atoms with Crippen molar-refractivity contribution in [1.29, 1.82) is 0 Å². The van der Waals surface area contributed by atoms with E-state index < -0.39 is 23.5 Å². The van der Waals surface area contributed by atoms with Crippen LogP contribution in [0.1, 0.15) is 0 Å². The number of imidazole rings is 1. The van der Waals surface area contributed by atoms with Crippen molar-refractivity contribution in [3.05, 3.63) is 34.8 Å². The van der Waals surface area contributed by atoms with E-state index in [1.54, 1.807) is 12.7 Å². The number of hydrogen-bond acceptors (Lipinski definition) is 7. The molecule has 0 aromatic carbocycles. The number of H-pyrrole nitrogens is 2. The third-order valence-corrected chi connectivity index (χ3v) is 4.91. The Kier molecular flexibility index (Phi) is 9.01. The predicted octanol–water partition coefficient (Wildman–Crippen LogP) is -0.0565. The number of fused-ring (bicyclic) bond motifs is 1. The third kappa shape index (κ3) is 12.3. The molecule has 0 aliphatic rings. The summed E-state index contributed by atoms with van der Waals surface area (Å²) in [6, 6.07) is 0. The van der Waals surface area contributed by atoms with Gasteiger partial charge in [0.15, 0.2) is 5.52 Å². The fourth-order valence-electron chi connectivity index (χ4n) is 1.01. The number of phosphoric acid groups is 3. The van der Waals surface area contributed by atoms with Gasteiger partial charge in [-0.1, -0.05) is 0 Å². The summed E-state index contributed by atoms with van der Waals surface area (Å²) in [6.45, 7) is 0. The monoisotopic (exact) mass is 421 g/mol. The Balaban J connectivity index is 0.000000412. The molecule has 0 unspecified atom stereocenters. The molecule has 2 aromatic rings. The highest BCUT2D eigenvalue weighted by molar-refractivity contribution is 7.66. The SMILES string of the molecule is O=P(O)(O)OP(=O)(O)OP(=O)(O)O.[N-]=[N+]=[N-].c1nc2nc[nH+]cc2[nH]1. The zero-order chi connectivity index (χ0) is 19.7. The maximum absolute atomic E-state index is 10.4. The Labute approximate surface area is 137 Å². The van der Waals surface area contributed by atoms with Gasteiger partial charge in [-0.2, -0.15) is 13.6 Å². The Morgan fingerprint density at radius 1 is 1.04 bits per heavy atom. The standard InChI is InChI=1S/C5H4N4.N3.H5O10P3/c1-4-5(8-2-6-1)9-3-7-4;1-3-2;1-11(2,3)9-13(7,8)10-12(4,5)6/h1-3H,(H,6,7,8,9);;(H,7,8)(H2,1,2,3)(H2,4,5,6)/q;-1;/p+1. The summed E-state index contributed by atoms with van der Waals surface area (Å²) in [6.07, 6.45) is 5.03. The molecule has 0 aliphatic carbocycles. The van der Waals surface area contributed by atoms with Crippen LogP contribution in [0.15, 0.2) is 18.9 Å². The van der Waals surface area contributed by atoms with Crippen LogP contribution in [-0.4, -0.2) is 39.4 Å². The summed E-state index contributed by atoms with van der Waals surface area (Å²) in [5.74, 6) is 0. The Morgan fingerprint density at radius 2 is 1.52 bits per heavy atom. The maximum atomic E-state index is 10.4. The number of aromatic amines is 2. The van der Waals surface area contributed by atoms with Gasteiger partial charge in [0.1, 0.15) is 6.20 Å². The number of rotatable bonds is 4. The Bertz CT molecular complexity index is 793. The van der Waals surface area contributed by atoms with E-state index in [2.05, 4.69) is 28.6 Å². The molecule has 2 heterocycles. The molecule has 0 spiro atoms. The van der Waals surface area contributed by atoms with Crippen LogP contribution in [-0.2, 0) is 22.3 Å². The average molecular weight is 421 g/mol. The third-order valence-electron chi connectivity index (χ3n) is 1.56. The number of hydrogen-bond donors (Lipinski definition) is 6. The first kappa shape index (κ1) is 23.3. The van der Waals surface area contributed by atoms with Crippen molar-refractivity contribution in [2.45, 2.75) is 0 Å². The molecule has 0 fully saturated rings. The predicted molar refractivity (Wildman–Crippen MR) is 76.6 cm³/mol. The smallest absolute Gasteiger partial charge is 0.373 e. The van der Waals surface area contributed by atoms with E-state index in [9.17, 15) is 13.7 Å². The molecule has 0 radical (unpaired) electrons. The van der Waals surface area contributed by atoms with Gasteiger partial charge in [-0.3, -0.25) is 4.91 Å². The largest absolute Gasteiger partial charge is 0.490 e. The summed E-state index contributed by atoms with van der Waals surface area (Å²) in [4.78, 5) is 55.3. The molecule has 0 saturated carbocycles. The van der Waals surface area contributed by atoms with E-state index >= 15 is 0 Å². The number of nitrogens with one attached hydrogen (secondary N) is 2. The minimum Gasteiger partial charge on any atom is -0.373 e. The minimum absolute atomic E-state index is 0.744. The van der Waals surface area contributed by atoms with Crippen molar-refractivity contribution in [3.8, 4) is 0 Å². The molecule has 0 amide bonds. The fraction of sp³-hybridized carbons (Fsp3) is 0. The molecule has 0 saturated heterocycles. The van der Waals surface area contributed by atoms with E-state index in [1.807, 2.05) is 6.20 Å². The highest BCUT2D eigenvalue weighted by atomic mass is 31.3. The highest BCUT2D eigenvalue weighted by Gasteiger charge is 2.38. The van der Waals surface area contributed by atoms with E-state index in [0.29, 0.717) is 0 Å². The van der Waals surface area contributed by atoms with Crippen LogP contribution in [0.4, 0.5) is 0 Å². The van der Waals surface area contributed by atoms with Crippen molar-refractivity contribution in [1.82, 2.24) is 15.0 Å². The topological polar surface area (TPSA) is 285 Å². The molecule has 0 aliphatic heterocycles. The lowest BCUT2D eigenvalue weighted by Crippen LogP contribution is -1.99. The quantitative estimate of drug-likeness (QED) is 0.164. The van der Waals surface area contributed by atoms with E-state index in [4.69, 9.17) is 35.5 Å². The van der Waals surface area contributed by atoms with Crippen molar-refractivity contribution < 1.29 is 51.8 Å². The first-order valence-corrected chi connectivity index (χ1v) is 9.85. The van der Waals surface area contributed by atoms with E-state index in [0.717, 1.165) is 11.2 Å². The molecule has 2 rings (SSSR count). The molecular formula is C5H10N7O10P3. The lowest BCUT2D eigenvalue weighted by atomic mass is 10.6. The summed E-state index contributed by atoms with van der Waals surface area (Å²) >= 11 is 0. The Hall–Kier alpha value is -1.73. The van der Waals surface area contributed by atoms with Crippen LogP contribution in [0.3, 0.4) is 0 Å². The fourth-order valence-corrected chi connectivity index (χ4v) is 3.55. The average Bonchev–Trinajstić information content (AvgIpc) is 2.82. The van der Waals surface area contributed by atoms with E-state index in [-0.39, 0.29) is 0 Å². The van der Waals surface area contributed by atoms with Gasteiger partial charge in [0.05, 0.1) is 6.33 Å². The zero-order valence-electron chi connectivity index (χ0n) is 11.6. The number of nitrogens with zero attached hydrogens (tertiary/aromatic N) is 5. The van der Waals surface area contributed by atoms with Gasteiger partial charge in [-0.25, -0.2) is 18.7 Å². The first-order valence-electron chi connectivity index (χ1n) is 5.30. The van der Waals surface area contributed by atoms with Gasteiger partial charge < -0.3 is 40.5 Å². The van der Waals surface area contributed by atoms with Crippen molar-refractivity contribution in [2.75, 3.05) is 0 Å². The lowest BCUT2D eigenvalue weighted by Gasteiger charge is -2.11. The molecule has 2 aromatic heterocycles. The second-order valence-corrected chi connectivity index (χ2v) is 7.62. The second-order valence-electron chi connectivity index (χ2n) is 3.41. The molecule has 25 heavy (non-hydrogen) atoms. The van der Waals surface area contributed by atoms with Crippen molar-refractivity contribution >= 4 is 34.6 Å². The molecule has 140 valence electrons. The molecule has 0 bridgehead atoms. The lowest BCUT2D eigenvalue weighted by molar-refractivity contribution is -0.380.